The Morgan fingerprint density at radius 2 is 2.11 bits per heavy atom. The smallest absolute Gasteiger partial charge is 0.130 e. The lowest BCUT2D eigenvalue weighted by molar-refractivity contribution is 0.0533. The highest BCUT2D eigenvalue weighted by molar-refractivity contribution is 5.18. The fourth-order valence-electron chi connectivity index (χ4n) is 3.34. The third-order valence-corrected chi connectivity index (χ3v) is 4.45. The molecule has 19 heavy (non-hydrogen) atoms. The van der Waals surface area contributed by atoms with Crippen molar-refractivity contribution in [3.8, 4) is 0 Å². The topological polar surface area (TPSA) is 6.48 Å². The summed E-state index contributed by atoms with van der Waals surface area (Å²) in [6.45, 7) is 6.03. The Bertz CT molecular complexity index is 463. The molecule has 2 aliphatic heterocycles. The number of halogens is 2. The van der Waals surface area contributed by atoms with Gasteiger partial charge in [0.05, 0.1) is 0 Å². The summed E-state index contributed by atoms with van der Waals surface area (Å²) in [7, 11) is 0. The van der Waals surface area contributed by atoms with Gasteiger partial charge in [0.2, 0.25) is 0 Å². The lowest BCUT2D eigenvalue weighted by Crippen LogP contribution is -2.54. The van der Waals surface area contributed by atoms with E-state index in [4.69, 9.17) is 0 Å². The van der Waals surface area contributed by atoms with Gasteiger partial charge in [-0.1, -0.05) is 6.07 Å². The van der Waals surface area contributed by atoms with Gasteiger partial charge in [-0.2, -0.15) is 0 Å². The summed E-state index contributed by atoms with van der Waals surface area (Å²) in [5, 5.41) is 0. The van der Waals surface area contributed by atoms with Crippen molar-refractivity contribution in [3.05, 3.63) is 35.4 Å². The zero-order chi connectivity index (χ0) is 13.4. The highest BCUT2D eigenvalue weighted by Crippen LogP contribution is 2.26. The van der Waals surface area contributed by atoms with Crippen LogP contribution in [0.15, 0.2) is 18.2 Å². The van der Waals surface area contributed by atoms with Gasteiger partial charge < -0.3 is 0 Å². The van der Waals surface area contributed by atoms with Crippen LogP contribution >= 0.6 is 0 Å². The minimum absolute atomic E-state index is 0.429. The first kappa shape index (κ1) is 13.0. The van der Waals surface area contributed by atoms with Gasteiger partial charge >= 0.3 is 0 Å². The summed E-state index contributed by atoms with van der Waals surface area (Å²) in [6, 6.07) is 4.94. The number of benzene rings is 1. The Kier molecular flexibility index (Phi) is 3.54. The maximum Gasteiger partial charge on any atom is 0.130 e. The largest absolute Gasteiger partial charge is 0.298 e. The van der Waals surface area contributed by atoms with E-state index in [1.54, 1.807) is 6.07 Å². The lowest BCUT2D eigenvalue weighted by atomic mass is 10.1. The first-order valence-corrected chi connectivity index (χ1v) is 7.05. The molecular weight excluding hydrogens is 246 g/mol. The molecule has 0 amide bonds. The Morgan fingerprint density at radius 1 is 1.26 bits per heavy atom. The van der Waals surface area contributed by atoms with E-state index in [0.29, 0.717) is 24.2 Å². The van der Waals surface area contributed by atoms with Gasteiger partial charge in [-0.25, -0.2) is 8.78 Å². The van der Waals surface area contributed by atoms with Gasteiger partial charge in [0.15, 0.2) is 0 Å². The average Bonchev–Trinajstić information content (AvgIpc) is 2.80. The molecule has 1 aromatic carbocycles. The van der Waals surface area contributed by atoms with Crippen molar-refractivity contribution in [2.45, 2.75) is 38.4 Å². The highest BCUT2D eigenvalue weighted by atomic mass is 19.1. The van der Waals surface area contributed by atoms with Crippen LogP contribution in [-0.2, 0) is 6.54 Å². The Hall–Kier alpha value is -1.00. The maximum absolute atomic E-state index is 13.7. The van der Waals surface area contributed by atoms with E-state index in [1.165, 1.54) is 25.5 Å². The molecule has 0 saturated carbocycles. The minimum atomic E-state index is -0.505. The molecule has 2 heterocycles. The van der Waals surface area contributed by atoms with Crippen LogP contribution in [0.4, 0.5) is 8.78 Å². The average molecular weight is 266 g/mol. The van der Waals surface area contributed by atoms with Crippen molar-refractivity contribution in [3.63, 3.8) is 0 Å². The molecule has 0 spiro atoms. The summed E-state index contributed by atoms with van der Waals surface area (Å²) in [5.41, 5.74) is 0.597. The van der Waals surface area contributed by atoms with E-state index >= 15 is 0 Å². The summed E-state index contributed by atoms with van der Waals surface area (Å²) in [5.74, 6) is -0.934. The molecule has 0 N–H and O–H groups in total. The second-order valence-corrected chi connectivity index (χ2v) is 5.81. The molecule has 0 unspecified atom stereocenters. The fraction of sp³-hybridized carbons (Fsp3) is 0.600. The number of hydrogen-bond donors (Lipinski definition) is 0. The van der Waals surface area contributed by atoms with Gasteiger partial charge in [0.25, 0.3) is 0 Å². The quantitative estimate of drug-likeness (QED) is 0.812. The third kappa shape index (κ3) is 2.65. The van der Waals surface area contributed by atoms with Gasteiger partial charge in [-0.05, 0) is 32.4 Å². The molecule has 0 bridgehead atoms. The number of piperazine rings is 1. The predicted molar refractivity (Wildman–Crippen MR) is 70.8 cm³/mol. The van der Waals surface area contributed by atoms with E-state index < -0.39 is 11.6 Å². The Balaban J connectivity index is 1.71. The number of hydrogen-bond acceptors (Lipinski definition) is 2. The van der Waals surface area contributed by atoms with Crippen molar-refractivity contribution in [1.82, 2.24) is 9.80 Å². The molecule has 104 valence electrons. The standard InChI is InChI=1S/C15H20F2N2/c1-11-8-18-6-2-3-14(18)10-19(11)9-12-4-5-13(16)7-15(12)17/h4-5,7,11,14H,2-3,6,8-10H2,1H3/t11-,14-/m1/s1. The van der Waals surface area contributed by atoms with E-state index in [0.717, 1.165) is 19.2 Å². The van der Waals surface area contributed by atoms with Gasteiger partial charge in [0.1, 0.15) is 11.6 Å². The second-order valence-electron chi connectivity index (χ2n) is 5.81. The van der Waals surface area contributed by atoms with E-state index in [9.17, 15) is 8.78 Å². The van der Waals surface area contributed by atoms with Crippen LogP contribution in [0.3, 0.4) is 0 Å². The summed E-state index contributed by atoms with van der Waals surface area (Å²) >= 11 is 0. The predicted octanol–water partition coefficient (Wildman–Crippen LogP) is 2.63. The van der Waals surface area contributed by atoms with Gasteiger partial charge in [-0.3, -0.25) is 9.80 Å². The molecule has 4 heteroatoms. The molecule has 2 fully saturated rings. The number of fused-ring (bicyclic) bond motifs is 1. The Labute approximate surface area is 113 Å². The summed E-state index contributed by atoms with van der Waals surface area (Å²) in [4.78, 5) is 4.87. The van der Waals surface area contributed by atoms with Crippen LogP contribution < -0.4 is 0 Å². The van der Waals surface area contributed by atoms with Crippen LogP contribution in [0.25, 0.3) is 0 Å². The molecule has 2 saturated heterocycles. The molecule has 0 radical (unpaired) electrons. The molecule has 0 aliphatic carbocycles. The molecular formula is C15H20F2N2. The van der Waals surface area contributed by atoms with Crippen LogP contribution in [-0.4, -0.2) is 41.5 Å². The maximum atomic E-state index is 13.7. The van der Waals surface area contributed by atoms with E-state index in [1.807, 2.05) is 0 Å². The molecule has 2 nitrogen and oxygen atoms in total. The SMILES string of the molecule is C[C@@H]1CN2CCC[C@@H]2CN1Cc1ccc(F)cc1F. The van der Waals surface area contributed by atoms with Crippen molar-refractivity contribution in [2.24, 2.45) is 0 Å². The molecule has 1 aromatic rings. The fourth-order valence-corrected chi connectivity index (χ4v) is 3.34. The van der Waals surface area contributed by atoms with Crippen LogP contribution in [0.1, 0.15) is 25.3 Å². The zero-order valence-corrected chi connectivity index (χ0v) is 11.3. The summed E-state index contributed by atoms with van der Waals surface area (Å²) in [6.07, 6.45) is 2.52. The van der Waals surface area contributed by atoms with Crippen molar-refractivity contribution >= 4 is 0 Å². The number of nitrogens with zero attached hydrogens (tertiary/aromatic N) is 2. The molecule has 3 rings (SSSR count). The lowest BCUT2D eigenvalue weighted by Gasteiger charge is -2.42. The third-order valence-electron chi connectivity index (χ3n) is 4.45. The van der Waals surface area contributed by atoms with Crippen LogP contribution in [0.5, 0.6) is 0 Å². The minimum Gasteiger partial charge on any atom is -0.298 e. The summed E-state index contributed by atoms with van der Waals surface area (Å²) < 4.78 is 26.6. The van der Waals surface area contributed by atoms with Crippen molar-refractivity contribution in [2.75, 3.05) is 19.6 Å². The first-order chi connectivity index (χ1) is 9.13. The van der Waals surface area contributed by atoms with Gasteiger partial charge in [-0.15, -0.1) is 0 Å². The number of rotatable bonds is 2. The second kappa shape index (κ2) is 5.17. The van der Waals surface area contributed by atoms with E-state index in [-0.39, 0.29) is 0 Å². The van der Waals surface area contributed by atoms with Gasteiger partial charge in [0, 0.05) is 43.3 Å². The zero-order valence-electron chi connectivity index (χ0n) is 11.3. The van der Waals surface area contributed by atoms with E-state index in [2.05, 4.69) is 16.7 Å². The van der Waals surface area contributed by atoms with Crippen molar-refractivity contribution in [1.29, 1.82) is 0 Å². The molecule has 2 atom stereocenters. The molecule has 0 aromatic heterocycles. The Morgan fingerprint density at radius 3 is 2.89 bits per heavy atom. The van der Waals surface area contributed by atoms with Crippen molar-refractivity contribution < 1.29 is 8.78 Å². The normalized spacial score (nSPS) is 28.6. The monoisotopic (exact) mass is 266 g/mol. The van der Waals surface area contributed by atoms with Crippen LogP contribution in [0.2, 0.25) is 0 Å². The molecule has 2 aliphatic rings. The van der Waals surface area contributed by atoms with Crippen LogP contribution in [0, 0.1) is 11.6 Å². The first-order valence-electron chi connectivity index (χ1n) is 7.05. The highest BCUT2D eigenvalue weighted by Gasteiger charge is 2.34.